The zero-order chi connectivity index (χ0) is 16.6. The van der Waals surface area contributed by atoms with Gasteiger partial charge in [-0.3, -0.25) is 4.79 Å². The van der Waals surface area contributed by atoms with Crippen LogP contribution in [0.5, 0.6) is 0 Å². The largest absolute Gasteiger partial charge is 0.382 e. The lowest BCUT2D eigenvalue weighted by Crippen LogP contribution is -2.11. The third-order valence-electron chi connectivity index (χ3n) is 3.53. The number of nitrogens with one attached hydrogen (secondary N) is 1. The summed E-state index contributed by atoms with van der Waals surface area (Å²) in [6.45, 7) is 3.50. The molecular formula is C16H16N6O. The number of nitrogen functional groups attached to an aromatic ring is 2. The minimum atomic E-state index is -0.194. The van der Waals surface area contributed by atoms with Crippen molar-refractivity contribution in [3.63, 3.8) is 0 Å². The molecule has 1 aromatic heterocycles. The number of hydrogen-bond donors (Lipinski definition) is 3. The summed E-state index contributed by atoms with van der Waals surface area (Å²) >= 11 is 0. The number of hydrogen-bond acceptors (Lipinski definition) is 6. The Kier molecular flexibility index (Phi) is 3.53. The molecule has 2 heterocycles. The van der Waals surface area contributed by atoms with Crippen LogP contribution in [-0.2, 0) is 0 Å². The SMILES string of the molecule is CC(=Nc1c(C)nc(N)nc1N)c1c2cccccc-2[nH]c1=O. The van der Waals surface area contributed by atoms with Crippen LogP contribution >= 0.6 is 0 Å². The fraction of sp³-hybridized carbons (Fsp3) is 0.125. The van der Waals surface area contributed by atoms with Gasteiger partial charge in [0.1, 0.15) is 5.69 Å². The number of aromatic amines is 1. The maximum atomic E-state index is 12.3. The lowest BCUT2D eigenvalue weighted by atomic mass is 10.1. The normalized spacial score (nSPS) is 11.8. The molecule has 2 aliphatic rings. The van der Waals surface area contributed by atoms with Crippen molar-refractivity contribution in [2.75, 3.05) is 11.5 Å². The molecule has 3 rings (SSSR count). The van der Waals surface area contributed by atoms with E-state index in [1.807, 2.05) is 30.3 Å². The minimum Gasteiger partial charge on any atom is -0.382 e. The van der Waals surface area contributed by atoms with Crippen LogP contribution < -0.4 is 17.0 Å². The molecule has 0 spiro atoms. The number of aromatic nitrogens is 3. The Morgan fingerprint density at radius 1 is 1.17 bits per heavy atom. The molecule has 7 heteroatoms. The first-order valence-electron chi connectivity index (χ1n) is 7.03. The van der Waals surface area contributed by atoms with Crippen molar-refractivity contribution in [3.05, 3.63) is 51.9 Å². The van der Waals surface area contributed by atoms with Gasteiger partial charge in [0.05, 0.1) is 17.0 Å². The van der Waals surface area contributed by atoms with Gasteiger partial charge in [-0.25, -0.2) is 9.98 Å². The van der Waals surface area contributed by atoms with Gasteiger partial charge in [-0.05, 0) is 19.9 Å². The average molecular weight is 308 g/mol. The third-order valence-corrected chi connectivity index (χ3v) is 3.53. The van der Waals surface area contributed by atoms with Gasteiger partial charge in [0.25, 0.3) is 5.56 Å². The molecule has 5 N–H and O–H groups in total. The lowest BCUT2D eigenvalue weighted by Gasteiger charge is -2.06. The maximum absolute atomic E-state index is 12.3. The Hall–Kier alpha value is -3.22. The van der Waals surface area contributed by atoms with E-state index in [-0.39, 0.29) is 17.3 Å². The molecule has 0 unspecified atom stereocenters. The topological polar surface area (TPSA) is 123 Å². The van der Waals surface area contributed by atoms with Crippen LogP contribution in [0.15, 0.2) is 40.1 Å². The molecule has 116 valence electrons. The second kappa shape index (κ2) is 5.53. The Bertz CT molecular complexity index is 920. The van der Waals surface area contributed by atoms with Crippen LogP contribution in [0.4, 0.5) is 17.5 Å². The summed E-state index contributed by atoms with van der Waals surface area (Å²) in [5.74, 6) is 0.285. The van der Waals surface area contributed by atoms with Crippen molar-refractivity contribution in [3.8, 4) is 11.3 Å². The van der Waals surface area contributed by atoms with Gasteiger partial charge >= 0.3 is 0 Å². The van der Waals surface area contributed by atoms with Crippen LogP contribution in [0.25, 0.3) is 11.3 Å². The van der Waals surface area contributed by atoms with Crippen molar-refractivity contribution in [2.45, 2.75) is 13.8 Å². The van der Waals surface area contributed by atoms with Gasteiger partial charge in [-0.2, -0.15) is 4.98 Å². The Morgan fingerprint density at radius 2 is 1.91 bits per heavy atom. The fourth-order valence-electron chi connectivity index (χ4n) is 2.51. The van der Waals surface area contributed by atoms with Crippen molar-refractivity contribution >= 4 is 23.2 Å². The molecule has 0 bridgehead atoms. The van der Waals surface area contributed by atoms with Crippen molar-refractivity contribution in [1.82, 2.24) is 15.0 Å². The molecule has 0 radical (unpaired) electrons. The van der Waals surface area contributed by atoms with E-state index in [0.717, 1.165) is 11.3 Å². The molecule has 7 nitrogen and oxygen atoms in total. The minimum absolute atomic E-state index is 0.0974. The molecule has 1 aromatic rings. The number of aliphatic imine (C=N–C) groups is 1. The standard InChI is InChI=1S/C16H16N6O/c1-8(19-13-9(2)20-16(18)22-14(13)17)12-10-6-4-3-5-7-11(10)21-15(12)23/h3-7H,1-2H3,(H,21,23)(H4,17,18,20,22). The molecule has 0 fully saturated rings. The highest BCUT2D eigenvalue weighted by Crippen LogP contribution is 2.27. The zero-order valence-electron chi connectivity index (χ0n) is 12.8. The van der Waals surface area contributed by atoms with E-state index in [0.29, 0.717) is 22.7 Å². The van der Waals surface area contributed by atoms with Crippen LogP contribution in [0, 0.1) is 6.92 Å². The van der Waals surface area contributed by atoms with Gasteiger partial charge in [0.2, 0.25) is 5.95 Å². The van der Waals surface area contributed by atoms with E-state index in [1.165, 1.54) is 0 Å². The van der Waals surface area contributed by atoms with Gasteiger partial charge in [0, 0.05) is 11.3 Å². The second-order valence-corrected chi connectivity index (χ2v) is 5.17. The second-order valence-electron chi connectivity index (χ2n) is 5.17. The quantitative estimate of drug-likeness (QED) is 0.624. The molecule has 0 atom stereocenters. The lowest BCUT2D eigenvalue weighted by molar-refractivity contribution is 1.12. The number of H-pyrrole nitrogens is 1. The molecule has 0 amide bonds. The highest BCUT2D eigenvalue weighted by molar-refractivity contribution is 6.06. The molecule has 0 saturated heterocycles. The first-order valence-corrected chi connectivity index (χ1v) is 7.03. The third kappa shape index (κ3) is 2.64. The number of fused-ring (bicyclic) bond motifs is 1. The summed E-state index contributed by atoms with van der Waals surface area (Å²) in [7, 11) is 0. The van der Waals surface area contributed by atoms with E-state index in [9.17, 15) is 4.79 Å². The molecule has 1 aliphatic carbocycles. The number of nitrogens with zero attached hydrogens (tertiary/aromatic N) is 3. The number of anilines is 2. The van der Waals surface area contributed by atoms with Crippen molar-refractivity contribution < 1.29 is 0 Å². The highest BCUT2D eigenvalue weighted by Gasteiger charge is 2.17. The van der Waals surface area contributed by atoms with Gasteiger partial charge in [0.15, 0.2) is 5.82 Å². The molecule has 1 aliphatic heterocycles. The van der Waals surface area contributed by atoms with Crippen LogP contribution in [-0.4, -0.2) is 20.7 Å². The van der Waals surface area contributed by atoms with Gasteiger partial charge in [-0.15, -0.1) is 0 Å². The first-order chi connectivity index (χ1) is 11.0. The predicted molar refractivity (Wildman–Crippen MR) is 91.1 cm³/mol. The van der Waals surface area contributed by atoms with Crippen LogP contribution in [0.2, 0.25) is 0 Å². The summed E-state index contributed by atoms with van der Waals surface area (Å²) in [6, 6.07) is 9.35. The van der Waals surface area contributed by atoms with E-state index in [1.54, 1.807) is 13.8 Å². The highest BCUT2D eigenvalue weighted by atomic mass is 16.1. The molecule has 0 saturated carbocycles. The number of aryl methyl sites for hydroxylation is 1. The van der Waals surface area contributed by atoms with E-state index in [2.05, 4.69) is 19.9 Å². The summed E-state index contributed by atoms with van der Waals surface area (Å²) < 4.78 is 0. The average Bonchev–Trinajstić information content (AvgIpc) is 2.64. The van der Waals surface area contributed by atoms with Gasteiger partial charge < -0.3 is 16.5 Å². The summed E-state index contributed by atoms with van der Waals surface area (Å²) in [4.78, 5) is 27.5. The molecule has 23 heavy (non-hydrogen) atoms. The van der Waals surface area contributed by atoms with Crippen LogP contribution in [0.1, 0.15) is 18.2 Å². The Balaban J connectivity index is 2.18. The van der Waals surface area contributed by atoms with E-state index >= 15 is 0 Å². The fourth-order valence-corrected chi connectivity index (χ4v) is 2.51. The van der Waals surface area contributed by atoms with Crippen LogP contribution in [0.3, 0.4) is 0 Å². The van der Waals surface area contributed by atoms with E-state index in [4.69, 9.17) is 11.5 Å². The monoisotopic (exact) mass is 308 g/mol. The smallest absolute Gasteiger partial charge is 0.258 e. The Labute approximate surface area is 132 Å². The molecule has 0 aromatic carbocycles. The zero-order valence-corrected chi connectivity index (χ0v) is 12.8. The Morgan fingerprint density at radius 3 is 2.65 bits per heavy atom. The van der Waals surface area contributed by atoms with E-state index < -0.39 is 0 Å². The number of nitrogens with two attached hydrogens (primary N) is 2. The summed E-state index contributed by atoms with van der Waals surface area (Å²) in [5, 5.41) is 0. The van der Waals surface area contributed by atoms with Crippen molar-refractivity contribution in [2.24, 2.45) is 4.99 Å². The first kappa shape index (κ1) is 14.7. The summed E-state index contributed by atoms with van der Waals surface area (Å²) in [6.07, 6.45) is 0. The van der Waals surface area contributed by atoms with Crippen molar-refractivity contribution in [1.29, 1.82) is 0 Å². The molecular weight excluding hydrogens is 292 g/mol. The maximum Gasteiger partial charge on any atom is 0.258 e. The number of rotatable bonds is 2. The predicted octanol–water partition coefficient (Wildman–Crippen LogP) is 1.88. The van der Waals surface area contributed by atoms with Gasteiger partial charge in [-0.1, -0.05) is 24.3 Å². The summed E-state index contributed by atoms with van der Waals surface area (Å²) in [5.41, 5.74) is 14.8.